The molecular formula is C14H23N3. The molecule has 0 bridgehead atoms. The van der Waals surface area contributed by atoms with Crippen LogP contribution >= 0.6 is 0 Å². The van der Waals surface area contributed by atoms with Crippen molar-refractivity contribution in [1.82, 2.24) is 9.80 Å². The number of terminal acetylenes is 1. The molecule has 0 aromatic rings. The van der Waals surface area contributed by atoms with Gasteiger partial charge < -0.3 is 0 Å². The van der Waals surface area contributed by atoms with Crippen molar-refractivity contribution >= 4 is 0 Å². The fraction of sp³-hybridized carbons (Fsp3) is 0.786. The van der Waals surface area contributed by atoms with Crippen LogP contribution in [0.15, 0.2) is 0 Å². The van der Waals surface area contributed by atoms with Crippen molar-refractivity contribution in [2.75, 3.05) is 32.8 Å². The maximum absolute atomic E-state index is 8.82. The van der Waals surface area contributed by atoms with Gasteiger partial charge in [0.1, 0.15) is 0 Å². The van der Waals surface area contributed by atoms with Gasteiger partial charge >= 0.3 is 0 Å². The smallest absolute Gasteiger partial charge is 0.0876 e. The summed E-state index contributed by atoms with van der Waals surface area (Å²) in [6, 6.07) is 2.24. The molecule has 0 aromatic heterocycles. The molecule has 1 aliphatic heterocycles. The molecule has 3 nitrogen and oxygen atoms in total. The first-order valence-corrected chi connectivity index (χ1v) is 6.50. The van der Waals surface area contributed by atoms with Crippen LogP contribution in [0.1, 0.15) is 26.7 Å². The summed E-state index contributed by atoms with van der Waals surface area (Å²) in [6.45, 7) is 8.68. The summed E-state index contributed by atoms with van der Waals surface area (Å²) in [6.07, 6.45) is 7.82. The van der Waals surface area contributed by atoms with Crippen molar-refractivity contribution < 1.29 is 0 Å². The highest BCUT2D eigenvalue weighted by Gasteiger charge is 2.28. The third-order valence-corrected chi connectivity index (χ3v) is 3.71. The lowest BCUT2D eigenvalue weighted by Crippen LogP contribution is -2.51. The second-order valence-electron chi connectivity index (χ2n) is 4.86. The number of hydrogen-bond acceptors (Lipinski definition) is 3. The van der Waals surface area contributed by atoms with Gasteiger partial charge in [-0.2, -0.15) is 5.26 Å². The molecule has 1 heterocycles. The third-order valence-electron chi connectivity index (χ3n) is 3.71. The van der Waals surface area contributed by atoms with Crippen LogP contribution < -0.4 is 0 Å². The van der Waals surface area contributed by atoms with E-state index < -0.39 is 0 Å². The van der Waals surface area contributed by atoms with E-state index in [4.69, 9.17) is 11.7 Å². The number of hydrogen-bond donors (Lipinski definition) is 0. The standard InChI is InChI=1S/C14H23N3/c1-4-8-16-10-14(13(5-2)6-3)11-17(12-16)9-7-15/h1,13-14H,5-6,8-12H2,2-3H3. The number of nitrogens with zero attached hydrogens (tertiary/aromatic N) is 3. The molecule has 0 spiro atoms. The lowest BCUT2D eigenvalue weighted by molar-refractivity contribution is 0.0406. The average molecular weight is 233 g/mol. The maximum atomic E-state index is 8.82. The molecule has 1 rings (SSSR count). The van der Waals surface area contributed by atoms with E-state index >= 15 is 0 Å². The minimum Gasteiger partial charge on any atom is -0.279 e. The Bertz CT molecular complexity index is 272. The van der Waals surface area contributed by atoms with Gasteiger partial charge in [0.25, 0.3) is 0 Å². The summed E-state index contributed by atoms with van der Waals surface area (Å²) in [5.41, 5.74) is 0. The Morgan fingerprint density at radius 3 is 2.29 bits per heavy atom. The van der Waals surface area contributed by atoms with Crippen LogP contribution in [-0.4, -0.2) is 42.6 Å². The zero-order chi connectivity index (χ0) is 12.7. The first-order valence-electron chi connectivity index (χ1n) is 6.50. The van der Waals surface area contributed by atoms with E-state index in [-0.39, 0.29) is 0 Å². The molecular weight excluding hydrogens is 210 g/mol. The topological polar surface area (TPSA) is 30.3 Å². The molecule has 0 amide bonds. The second kappa shape index (κ2) is 7.33. The zero-order valence-electron chi connectivity index (χ0n) is 11.0. The molecule has 0 radical (unpaired) electrons. The summed E-state index contributed by atoms with van der Waals surface area (Å²) in [5.74, 6) is 4.11. The van der Waals surface area contributed by atoms with Gasteiger partial charge in [0.15, 0.2) is 0 Å². The van der Waals surface area contributed by atoms with E-state index in [1.165, 1.54) is 12.8 Å². The molecule has 17 heavy (non-hydrogen) atoms. The van der Waals surface area contributed by atoms with Crippen molar-refractivity contribution in [2.24, 2.45) is 11.8 Å². The molecule has 94 valence electrons. The average Bonchev–Trinajstić information content (AvgIpc) is 2.31. The van der Waals surface area contributed by atoms with Crippen LogP contribution in [0, 0.1) is 35.5 Å². The lowest BCUT2D eigenvalue weighted by atomic mass is 9.86. The van der Waals surface area contributed by atoms with Gasteiger partial charge in [-0.05, 0) is 11.8 Å². The Labute approximate surface area is 105 Å². The lowest BCUT2D eigenvalue weighted by Gasteiger charge is -2.41. The third kappa shape index (κ3) is 4.04. The van der Waals surface area contributed by atoms with Crippen molar-refractivity contribution in [3.05, 3.63) is 0 Å². The molecule has 1 unspecified atom stereocenters. The SMILES string of the molecule is C#CCN1CC(C(CC)CC)CN(CC#N)C1. The Morgan fingerprint density at radius 2 is 1.82 bits per heavy atom. The van der Waals surface area contributed by atoms with E-state index in [1.54, 1.807) is 0 Å². The van der Waals surface area contributed by atoms with Crippen LogP contribution in [0.3, 0.4) is 0 Å². The molecule has 1 saturated heterocycles. The molecule has 1 atom stereocenters. The highest BCUT2D eigenvalue weighted by Crippen LogP contribution is 2.24. The van der Waals surface area contributed by atoms with E-state index in [1.807, 2.05) is 0 Å². The Morgan fingerprint density at radius 1 is 1.24 bits per heavy atom. The summed E-state index contributed by atoms with van der Waals surface area (Å²) in [4.78, 5) is 4.49. The summed E-state index contributed by atoms with van der Waals surface area (Å²) in [7, 11) is 0. The fourth-order valence-electron chi connectivity index (χ4n) is 2.83. The largest absolute Gasteiger partial charge is 0.279 e. The fourth-order valence-corrected chi connectivity index (χ4v) is 2.83. The maximum Gasteiger partial charge on any atom is 0.0876 e. The molecule has 0 aliphatic carbocycles. The molecule has 0 saturated carbocycles. The van der Waals surface area contributed by atoms with Crippen LogP contribution in [0.2, 0.25) is 0 Å². The number of nitriles is 1. The predicted molar refractivity (Wildman–Crippen MR) is 70.0 cm³/mol. The molecule has 1 aliphatic rings. The van der Waals surface area contributed by atoms with Crippen molar-refractivity contribution in [2.45, 2.75) is 26.7 Å². The molecule has 1 fully saturated rings. The van der Waals surface area contributed by atoms with Crippen molar-refractivity contribution in [3.63, 3.8) is 0 Å². The van der Waals surface area contributed by atoms with Crippen molar-refractivity contribution in [3.8, 4) is 18.4 Å². The number of rotatable bonds is 5. The van der Waals surface area contributed by atoms with Gasteiger partial charge in [-0.1, -0.05) is 32.6 Å². The summed E-state index contributed by atoms with van der Waals surface area (Å²) < 4.78 is 0. The van der Waals surface area contributed by atoms with E-state index in [9.17, 15) is 0 Å². The van der Waals surface area contributed by atoms with Gasteiger partial charge in [-0.25, -0.2) is 0 Å². The van der Waals surface area contributed by atoms with E-state index in [0.29, 0.717) is 19.0 Å². The molecule has 0 aromatic carbocycles. The first-order chi connectivity index (χ1) is 8.24. The van der Waals surface area contributed by atoms with Crippen LogP contribution in [0.5, 0.6) is 0 Å². The Kier molecular flexibility index (Phi) is 6.05. The van der Waals surface area contributed by atoms with Crippen LogP contribution in [0.4, 0.5) is 0 Å². The monoisotopic (exact) mass is 233 g/mol. The minimum atomic E-state index is 0.512. The summed E-state index contributed by atoms with van der Waals surface area (Å²) >= 11 is 0. The quantitative estimate of drug-likeness (QED) is 0.535. The van der Waals surface area contributed by atoms with E-state index in [0.717, 1.165) is 25.7 Å². The minimum absolute atomic E-state index is 0.512. The highest BCUT2D eigenvalue weighted by molar-refractivity contribution is 4.92. The normalized spacial score (nSPS) is 22.3. The summed E-state index contributed by atoms with van der Waals surface area (Å²) in [5, 5.41) is 8.82. The Hall–Kier alpha value is -1.03. The highest BCUT2D eigenvalue weighted by atomic mass is 15.3. The van der Waals surface area contributed by atoms with Gasteiger partial charge in [0.2, 0.25) is 0 Å². The molecule has 3 heteroatoms. The predicted octanol–water partition coefficient (Wildman–Crippen LogP) is 1.77. The Balaban J connectivity index is 2.64. The van der Waals surface area contributed by atoms with Gasteiger partial charge in [0.05, 0.1) is 25.8 Å². The van der Waals surface area contributed by atoms with Crippen molar-refractivity contribution in [1.29, 1.82) is 5.26 Å². The second-order valence-corrected chi connectivity index (χ2v) is 4.86. The zero-order valence-corrected chi connectivity index (χ0v) is 11.0. The van der Waals surface area contributed by atoms with Crippen LogP contribution in [-0.2, 0) is 0 Å². The first kappa shape index (κ1) is 14.0. The van der Waals surface area contributed by atoms with E-state index in [2.05, 4.69) is 35.6 Å². The van der Waals surface area contributed by atoms with Gasteiger partial charge in [-0.3, -0.25) is 9.80 Å². The van der Waals surface area contributed by atoms with Gasteiger partial charge in [-0.15, -0.1) is 6.42 Å². The van der Waals surface area contributed by atoms with Crippen LogP contribution in [0.25, 0.3) is 0 Å². The molecule has 0 N–H and O–H groups in total. The van der Waals surface area contributed by atoms with Gasteiger partial charge in [0, 0.05) is 13.1 Å².